The summed E-state index contributed by atoms with van der Waals surface area (Å²) in [5, 5.41) is 18.0. The quantitative estimate of drug-likeness (QED) is 0.589. The van der Waals surface area contributed by atoms with Crippen LogP contribution in [0, 0.1) is 22.7 Å². The molecule has 0 fully saturated rings. The molecule has 0 aromatic carbocycles. The fraction of sp³-hybridized carbons (Fsp3) is 0. The maximum absolute atomic E-state index is 9.16. The fourth-order valence-corrected chi connectivity index (χ4v) is 1.83. The second kappa shape index (κ2) is 3.76. The average molecular weight is 231 g/mol. The van der Waals surface area contributed by atoms with Gasteiger partial charge in [0.15, 0.2) is 5.82 Å². The van der Waals surface area contributed by atoms with Crippen LogP contribution in [0.5, 0.6) is 0 Å². The fourth-order valence-electron chi connectivity index (χ4n) is 1.83. The third kappa shape index (κ3) is 1.43. The summed E-state index contributed by atoms with van der Waals surface area (Å²) in [6, 6.07) is 9.31. The van der Waals surface area contributed by atoms with E-state index in [-0.39, 0.29) is 0 Å². The normalized spacial score (nSPS) is 10.1. The summed E-state index contributed by atoms with van der Waals surface area (Å²) >= 11 is 0. The highest BCUT2D eigenvalue weighted by molar-refractivity contribution is 5.73. The topological polar surface area (TPSA) is 86.2 Å². The van der Waals surface area contributed by atoms with E-state index in [1.807, 2.05) is 0 Å². The lowest BCUT2D eigenvalue weighted by atomic mass is 10.1. The Morgan fingerprint density at radius 1 is 0.889 bits per heavy atom. The molecule has 5 nitrogen and oxygen atoms in total. The largest absolute Gasteiger partial charge is 0.235 e. The van der Waals surface area contributed by atoms with Crippen molar-refractivity contribution in [3.8, 4) is 34.8 Å². The van der Waals surface area contributed by atoms with Crippen LogP contribution in [0.4, 0.5) is 0 Å². The smallest absolute Gasteiger partial charge is 0.181 e. The Kier molecular flexibility index (Phi) is 2.11. The van der Waals surface area contributed by atoms with Crippen LogP contribution < -0.4 is 0 Å². The molecule has 0 spiro atoms. The lowest BCUT2D eigenvalue weighted by Gasteiger charge is -1.98. The third-order valence-electron chi connectivity index (χ3n) is 2.66. The Hall–Kier alpha value is -3.05. The Morgan fingerprint density at radius 2 is 1.72 bits per heavy atom. The van der Waals surface area contributed by atoms with Crippen molar-refractivity contribution >= 4 is 0 Å². The molecule has 0 saturated carbocycles. The average Bonchev–Trinajstić information content (AvgIpc) is 2.97. The first-order valence-corrected chi connectivity index (χ1v) is 5.16. The molecule has 0 bridgehead atoms. The number of nitriles is 2. The number of rotatable bonds is 0. The highest BCUT2D eigenvalue weighted by Crippen LogP contribution is 2.27. The van der Waals surface area contributed by atoms with Crippen LogP contribution >= 0.6 is 0 Å². The van der Waals surface area contributed by atoms with Gasteiger partial charge in [-0.3, -0.25) is 0 Å². The number of nitrogens with zero attached hydrogens (tertiary/aromatic N) is 5. The monoisotopic (exact) mass is 231 g/mol. The van der Waals surface area contributed by atoms with Gasteiger partial charge in [-0.1, -0.05) is 0 Å². The lowest BCUT2D eigenvalue weighted by Crippen LogP contribution is -1.87. The molecule has 1 aliphatic carbocycles. The molecule has 0 aromatic rings. The van der Waals surface area contributed by atoms with Gasteiger partial charge in [-0.15, -0.1) is 0 Å². The van der Waals surface area contributed by atoms with Crippen LogP contribution in [-0.4, -0.2) is 15.0 Å². The molecule has 82 valence electrons. The first-order chi connectivity index (χ1) is 8.81. The second-order valence-corrected chi connectivity index (χ2v) is 3.74. The van der Waals surface area contributed by atoms with E-state index in [1.54, 1.807) is 24.4 Å². The summed E-state index contributed by atoms with van der Waals surface area (Å²) < 4.78 is 0. The molecule has 0 N–H and O–H groups in total. The molecule has 2 aliphatic heterocycles. The highest BCUT2D eigenvalue weighted by atomic mass is 15.0. The van der Waals surface area contributed by atoms with Gasteiger partial charge in [-0.2, -0.15) is 10.5 Å². The molecular formula is C13H5N5. The number of hydrogen-bond acceptors (Lipinski definition) is 5. The number of imidazole rings is 1. The summed E-state index contributed by atoms with van der Waals surface area (Å²) in [7, 11) is 0. The van der Waals surface area contributed by atoms with Gasteiger partial charge in [0.05, 0.1) is 17.2 Å². The molecule has 0 amide bonds. The summed E-state index contributed by atoms with van der Waals surface area (Å²) in [6.45, 7) is 0. The molecule has 0 aromatic heterocycles. The maximum Gasteiger partial charge on any atom is 0.181 e. The van der Waals surface area contributed by atoms with E-state index in [1.165, 1.54) is 6.33 Å². The number of aromatic nitrogens is 3. The first kappa shape index (κ1) is 10.1. The van der Waals surface area contributed by atoms with Crippen molar-refractivity contribution in [1.29, 1.82) is 10.5 Å². The molecule has 0 unspecified atom stereocenters. The van der Waals surface area contributed by atoms with Crippen molar-refractivity contribution in [3.63, 3.8) is 0 Å². The van der Waals surface area contributed by atoms with Gasteiger partial charge < -0.3 is 0 Å². The Labute approximate surface area is 103 Å². The van der Waals surface area contributed by atoms with Crippen LogP contribution in [0.15, 0.2) is 30.7 Å². The van der Waals surface area contributed by atoms with Crippen LogP contribution in [0.3, 0.4) is 0 Å². The molecule has 2 heterocycles. The molecular weight excluding hydrogens is 226 g/mol. The summed E-state index contributed by atoms with van der Waals surface area (Å²) in [5.41, 5.74) is 3.01. The minimum atomic E-state index is 0.399. The Morgan fingerprint density at radius 3 is 2.50 bits per heavy atom. The predicted molar refractivity (Wildman–Crippen MR) is 62.5 cm³/mol. The summed E-state index contributed by atoms with van der Waals surface area (Å²) in [4.78, 5) is 12.2. The van der Waals surface area contributed by atoms with Crippen molar-refractivity contribution in [2.45, 2.75) is 0 Å². The van der Waals surface area contributed by atoms with E-state index in [9.17, 15) is 0 Å². The SMILES string of the molecule is N#Cc1cc2cnc3ncnc-3c(C#N)cc-2c1. The zero-order valence-electron chi connectivity index (χ0n) is 9.12. The number of fused-ring (bicyclic) bond motifs is 2. The van der Waals surface area contributed by atoms with Crippen molar-refractivity contribution in [2.24, 2.45) is 0 Å². The van der Waals surface area contributed by atoms with Crippen molar-refractivity contribution in [2.75, 3.05) is 0 Å². The number of hydrogen-bond donors (Lipinski definition) is 0. The van der Waals surface area contributed by atoms with Gasteiger partial charge in [0.2, 0.25) is 0 Å². The van der Waals surface area contributed by atoms with Crippen LogP contribution in [-0.2, 0) is 0 Å². The zero-order valence-corrected chi connectivity index (χ0v) is 9.12. The van der Waals surface area contributed by atoms with E-state index < -0.39 is 0 Å². The predicted octanol–water partition coefficient (Wildman–Crippen LogP) is 1.82. The van der Waals surface area contributed by atoms with Crippen LogP contribution in [0.1, 0.15) is 11.1 Å². The molecule has 0 saturated heterocycles. The molecule has 0 radical (unpaired) electrons. The lowest BCUT2D eigenvalue weighted by molar-refractivity contribution is 1.24. The molecule has 5 heteroatoms. The Balaban J connectivity index is 2.40. The van der Waals surface area contributed by atoms with Gasteiger partial charge in [-0.05, 0) is 23.8 Å². The van der Waals surface area contributed by atoms with Gasteiger partial charge in [-0.25, -0.2) is 15.0 Å². The molecule has 3 rings (SSSR count). The maximum atomic E-state index is 9.16. The zero-order chi connectivity index (χ0) is 12.5. The molecule has 3 aliphatic rings. The second-order valence-electron chi connectivity index (χ2n) is 3.74. The van der Waals surface area contributed by atoms with Crippen molar-refractivity contribution < 1.29 is 0 Å². The van der Waals surface area contributed by atoms with Crippen LogP contribution in [0.2, 0.25) is 0 Å². The summed E-state index contributed by atoms with van der Waals surface area (Å²) in [6.07, 6.45) is 3.01. The van der Waals surface area contributed by atoms with E-state index in [2.05, 4.69) is 27.1 Å². The van der Waals surface area contributed by atoms with E-state index in [4.69, 9.17) is 10.5 Å². The van der Waals surface area contributed by atoms with Gasteiger partial charge in [0.1, 0.15) is 18.1 Å². The van der Waals surface area contributed by atoms with Gasteiger partial charge in [0.25, 0.3) is 0 Å². The molecule has 0 atom stereocenters. The van der Waals surface area contributed by atoms with Gasteiger partial charge >= 0.3 is 0 Å². The summed E-state index contributed by atoms with van der Waals surface area (Å²) in [5.74, 6) is 0.424. The van der Waals surface area contributed by atoms with Crippen LogP contribution in [0.25, 0.3) is 22.6 Å². The highest BCUT2D eigenvalue weighted by Gasteiger charge is 2.13. The van der Waals surface area contributed by atoms with Crippen molar-refractivity contribution in [3.05, 3.63) is 41.9 Å². The minimum absolute atomic E-state index is 0.399. The van der Waals surface area contributed by atoms with E-state index in [0.717, 1.165) is 11.1 Å². The van der Waals surface area contributed by atoms with E-state index >= 15 is 0 Å². The molecule has 18 heavy (non-hydrogen) atoms. The standard InChI is InChI=1S/C13H5N5/c14-4-8-1-9-3-10(5-15)12-13(18-7-17-12)16-6-11(9)2-8/h1-3,6-7H. The first-order valence-electron chi connectivity index (χ1n) is 5.16. The van der Waals surface area contributed by atoms with Gasteiger partial charge in [0, 0.05) is 11.8 Å². The Bertz CT molecular complexity index is 765. The van der Waals surface area contributed by atoms with E-state index in [0.29, 0.717) is 22.6 Å². The van der Waals surface area contributed by atoms with Crippen molar-refractivity contribution in [1.82, 2.24) is 15.0 Å². The minimum Gasteiger partial charge on any atom is -0.235 e. The third-order valence-corrected chi connectivity index (χ3v) is 2.66.